The quantitative estimate of drug-likeness (QED) is 0.246. The molecule has 4 aromatic rings. The smallest absolute Gasteiger partial charge is 0.338 e. The summed E-state index contributed by atoms with van der Waals surface area (Å²) in [5.41, 5.74) is 10.9. The summed E-state index contributed by atoms with van der Waals surface area (Å²) in [6, 6.07) is 21.0. The number of methoxy groups -OCH3 is 3. The standard InChI is InChI=1S/C31H34N4O5/c1-5-40-31(36)23-10-6-8-21(12-23)13-24-15-30(34-20-33-24)35(25-11-7-9-22(14-25)18-32)19-27-28(38-3)16-26(37-2)17-29(27)39-4/h6-12,14-17,20H,5,13,18-19,32H2,1-4H3. The van der Waals surface area contributed by atoms with Crippen molar-refractivity contribution < 1.29 is 23.7 Å². The maximum absolute atomic E-state index is 12.2. The molecule has 1 aromatic heterocycles. The van der Waals surface area contributed by atoms with Gasteiger partial charge in [0.15, 0.2) is 0 Å². The maximum Gasteiger partial charge on any atom is 0.338 e. The van der Waals surface area contributed by atoms with Crippen LogP contribution in [0, 0.1) is 0 Å². The molecule has 9 heteroatoms. The molecule has 0 spiro atoms. The lowest BCUT2D eigenvalue weighted by Crippen LogP contribution is -2.20. The molecular formula is C31H34N4O5. The maximum atomic E-state index is 12.2. The third-order valence-corrected chi connectivity index (χ3v) is 6.40. The van der Waals surface area contributed by atoms with Gasteiger partial charge in [-0.2, -0.15) is 0 Å². The molecular weight excluding hydrogens is 508 g/mol. The van der Waals surface area contributed by atoms with Crippen molar-refractivity contribution in [3.05, 3.63) is 101 Å². The summed E-state index contributed by atoms with van der Waals surface area (Å²) in [4.78, 5) is 23.4. The fourth-order valence-corrected chi connectivity index (χ4v) is 4.41. The van der Waals surface area contributed by atoms with E-state index in [-0.39, 0.29) is 5.97 Å². The molecule has 0 radical (unpaired) electrons. The zero-order chi connectivity index (χ0) is 28.5. The molecule has 9 nitrogen and oxygen atoms in total. The van der Waals surface area contributed by atoms with E-state index < -0.39 is 0 Å². The molecule has 0 aliphatic heterocycles. The first-order valence-corrected chi connectivity index (χ1v) is 12.9. The Morgan fingerprint density at radius 3 is 2.27 bits per heavy atom. The van der Waals surface area contributed by atoms with Crippen LogP contribution in [0.1, 0.15) is 39.7 Å². The highest BCUT2D eigenvalue weighted by molar-refractivity contribution is 5.89. The van der Waals surface area contributed by atoms with Crippen LogP contribution in [0.3, 0.4) is 0 Å². The monoisotopic (exact) mass is 542 g/mol. The predicted octanol–water partition coefficient (Wildman–Crippen LogP) is 5.07. The van der Waals surface area contributed by atoms with Crippen LogP contribution >= 0.6 is 0 Å². The van der Waals surface area contributed by atoms with Crippen molar-refractivity contribution in [2.75, 3.05) is 32.8 Å². The highest BCUT2D eigenvalue weighted by Gasteiger charge is 2.20. The normalized spacial score (nSPS) is 10.6. The summed E-state index contributed by atoms with van der Waals surface area (Å²) < 4.78 is 22.0. The number of aromatic nitrogens is 2. The van der Waals surface area contributed by atoms with E-state index in [1.807, 2.05) is 60.7 Å². The summed E-state index contributed by atoms with van der Waals surface area (Å²) in [5.74, 6) is 2.22. The average molecular weight is 543 g/mol. The fourth-order valence-electron chi connectivity index (χ4n) is 4.41. The number of nitrogens with two attached hydrogens (primary N) is 1. The van der Waals surface area contributed by atoms with E-state index in [2.05, 4.69) is 14.9 Å². The van der Waals surface area contributed by atoms with Crippen molar-refractivity contribution in [1.82, 2.24) is 9.97 Å². The molecule has 0 bridgehead atoms. The largest absolute Gasteiger partial charge is 0.496 e. The molecule has 208 valence electrons. The van der Waals surface area contributed by atoms with Crippen LogP contribution in [-0.2, 0) is 24.2 Å². The van der Waals surface area contributed by atoms with Gasteiger partial charge in [0.25, 0.3) is 0 Å². The summed E-state index contributed by atoms with van der Waals surface area (Å²) in [6.45, 7) is 2.90. The number of esters is 1. The lowest BCUT2D eigenvalue weighted by molar-refractivity contribution is 0.0526. The summed E-state index contributed by atoms with van der Waals surface area (Å²) in [7, 11) is 4.83. The number of benzene rings is 3. The third-order valence-electron chi connectivity index (χ3n) is 6.40. The van der Waals surface area contributed by atoms with E-state index in [9.17, 15) is 4.79 Å². The number of hydrogen-bond acceptors (Lipinski definition) is 9. The highest BCUT2D eigenvalue weighted by Crippen LogP contribution is 2.38. The van der Waals surface area contributed by atoms with E-state index >= 15 is 0 Å². The van der Waals surface area contributed by atoms with Gasteiger partial charge in [-0.25, -0.2) is 14.8 Å². The van der Waals surface area contributed by atoms with E-state index in [0.29, 0.717) is 54.7 Å². The number of anilines is 2. The Hall–Kier alpha value is -4.63. The molecule has 1 heterocycles. The van der Waals surface area contributed by atoms with Crippen molar-refractivity contribution in [2.45, 2.75) is 26.4 Å². The fraction of sp³-hybridized carbons (Fsp3) is 0.258. The van der Waals surface area contributed by atoms with E-state index in [1.165, 1.54) is 0 Å². The molecule has 0 atom stereocenters. The number of carbonyl (C=O) groups is 1. The Morgan fingerprint density at radius 2 is 1.60 bits per heavy atom. The van der Waals surface area contributed by atoms with Gasteiger partial charge >= 0.3 is 5.97 Å². The minimum atomic E-state index is -0.346. The molecule has 4 rings (SSSR count). The lowest BCUT2D eigenvalue weighted by atomic mass is 10.1. The van der Waals surface area contributed by atoms with Crippen molar-refractivity contribution in [1.29, 1.82) is 0 Å². The molecule has 0 fully saturated rings. The van der Waals surface area contributed by atoms with Crippen LogP contribution in [0.15, 0.2) is 73.1 Å². The molecule has 40 heavy (non-hydrogen) atoms. The Morgan fingerprint density at radius 1 is 0.875 bits per heavy atom. The van der Waals surface area contributed by atoms with Crippen molar-refractivity contribution >= 4 is 17.5 Å². The van der Waals surface area contributed by atoms with Crippen molar-refractivity contribution in [3.8, 4) is 17.2 Å². The summed E-state index contributed by atoms with van der Waals surface area (Å²) in [6.07, 6.45) is 2.05. The van der Waals surface area contributed by atoms with Gasteiger partial charge in [-0.15, -0.1) is 0 Å². The van der Waals surface area contributed by atoms with Crippen LogP contribution < -0.4 is 24.8 Å². The van der Waals surface area contributed by atoms with Gasteiger partial charge in [-0.1, -0.05) is 24.3 Å². The van der Waals surface area contributed by atoms with Gasteiger partial charge in [0, 0.05) is 36.9 Å². The first-order valence-electron chi connectivity index (χ1n) is 12.9. The topological polar surface area (TPSA) is 109 Å². The van der Waals surface area contributed by atoms with Gasteiger partial charge in [-0.3, -0.25) is 0 Å². The molecule has 0 amide bonds. The first kappa shape index (κ1) is 28.4. The lowest BCUT2D eigenvalue weighted by Gasteiger charge is -2.27. The van der Waals surface area contributed by atoms with Gasteiger partial charge in [0.1, 0.15) is 29.4 Å². The van der Waals surface area contributed by atoms with Gasteiger partial charge in [-0.05, 0) is 42.3 Å². The molecule has 0 unspecified atom stereocenters. The summed E-state index contributed by atoms with van der Waals surface area (Å²) >= 11 is 0. The average Bonchev–Trinajstić information content (AvgIpc) is 2.99. The molecule has 3 aromatic carbocycles. The van der Waals surface area contributed by atoms with Gasteiger partial charge in [0.2, 0.25) is 0 Å². The second kappa shape index (κ2) is 13.4. The second-order valence-corrected chi connectivity index (χ2v) is 8.94. The molecule has 0 aliphatic rings. The molecule has 0 saturated carbocycles. The second-order valence-electron chi connectivity index (χ2n) is 8.94. The van der Waals surface area contributed by atoms with E-state index in [0.717, 1.165) is 28.1 Å². The molecule has 2 N–H and O–H groups in total. The first-order chi connectivity index (χ1) is 19.5. The minimum absolute atomic E-state index is 0.323. The Balaban J connectivity index is 1.74. The Bertz CT molecular complexity index is 1430. The molecule has 0 saturated heterocycles. The van der Waals surface area contributed by atoms with E-state index in [1.54, 1.807) is 40.6 Å². The van der Waals surface area contributed by atoms with Gasteiger partial charge in [0.05, 0.1) is 51.3 Å². The van der Waals surface area contributed by atoms with Crippen LogP contribution in [0.5, 0.6) is 17.2 Å². The number of carbonyl (C=O) groups excluding carboxylic acids is 1. The number of hydrogen-bond donors (Lipinski definition) is 1. The molecule has 0 aliphatic carbocycles. The zero-order valence-corrected chi connectivity index (χ0v) is 23.2. The summed E-state index contributed by atoms with van der Waals surface area (Å²) in [5, 5.41) is 0. The Labute approximate surface area is 234 Å². The third kappa shape index (κ3) is 6.68. The van der Waals surface area contributed by atoms with Crippen LogP contribution in [-0.4, -0.2) is 43.9 Å². The van der Waals surface area contributed by atoms with Crippen LogP contribution in [0.4, 0.5) is 11.5 Å². The number of ether oxygens (including phenoxy) is 4. The van der Waals surface area contributed by atoms with E-state index in [4.69, 9.17) is 24.7 Å². The van der Waals surface area contributed by atoms with Crippen molar-refractivity contribution in [2.24, 2.45) is 5.73 Å². The highest BCUT2D eigenvalue weighted by atomic mass is 16.5. The SMILES string of the molecule is CCOC(=O)c1cccc(Cc2cc(N(Cc3c(OC)cc(OC)cc3OC)c3cccc(CN)c3)ncn2)c1. The number of nitrogens with zero attached hydrogens (tertiary/aromatic N) is 3. The van der Waals surface area contributed by atoms with Gasteiger partial charge < -0.3 is 29.6 Å². The predicted molar refractivity (Wildman–Crippen MR) is 154 cm³/mol. The van der Waals surface area contributed by atoms with Crippen molar-refractivity contribution in [3.63, 3.8) is 0 Å². The minimum Gasteiger partial charge on any atom is -0.496 e. The van der Waals surface area contributed by atoms with Crippen LogP contribution in [0.25, 0.3) is 0 Å². The number of rotatable bonds is 12. The Kier molecular flexibility index (Phi) is 9.53. The van der Waals surface area contributed by atoms with Crippen LogP contribution in [0.2, 0.25) is 0 Å². The zero-order valence-electron chi connectivity index (χ0n) is 23.2.